The molecule has 0 aromatic rings. The minimum Gasteiger partial charge on any atom is -0.462 e. The summed E-state index contributed by atoms with van der Waals surface area (Å²) in [4.78, 5) is 36.0. The third-order valence-electron chi connectivity index (χ3n) is 18.6. The highest BCUT2D eigenvalue weighted by Gasteiger charge is 2.27. The highest BCUT2D eigenvalue weighted by molar-refractivity contribution is 7.47. The van der Waals surface area contributed by atoms with Crippen LogP contribution in [0.4, 0.5) is 0 Å². The maximum atomic E-state index is 12.9. The predicted octanol–water partition coefficient (Wildman–Crippen LogP) is 27.3. The lowest BCUT2D eigenvalue weighted by Gasteiger charge is -2.24. The Hall–Kier alpha value is -2.29. The number of allylic oxidation sites excluding steroid dienone is 10. The lowest BCUT2D eigenvalue weighted by Crippen LogP contribution is -2.37. The highest BCUT2D eigenvalue weighted by atomic mass is 31.2. The Morgan fingerprint density at radius 3 is 0.904 bits per heavy atom. The summed E-state index contributed by atoms with van der Waals surface area (Å²) >= 11 is 0. The first-order valence-electron chi connectivity index (χ1n) is 41.0. The number of likely N-dealkylation sites (N-methyl/N-ethyl adjacent to an activating group) is 1. The molecule has 0 bridgehead atoms. The molecule has 0 aliphatic carbocycles. The molecule has 94 heavy (non-hydrogen) atoms. The lowest BCUT2D eigenvalue weighted by atomic mass is 10.0. The number of carbonyl (C=O) groups excluding carboxylic acids is 2. The van der Waals surface area contributed by atoms with Crippen LogP contribution in [0.3, 0.4) is 0 Å². The second kappa shape index (κ2) is 74.9. The number of hydrogen-bond donors (Lipinski definition) is 1. The van der Waals surface area contributed by atoms with Gasteiger partial charge in [-0.2, -0.15) is 0 Å². The maximum Gasteiger partial charge on any atom is 0.472 e. The highest BCUT2D eigenvalue weighted by Crippen LogP contribution is 2.43. The monoisotopic (exact) mass is 1340 g/mol. The zero-order valence-electron chi connectivity index (χ0n) is 63.2. The standard InChI is InChI=1S/C84H158NO8P/c1-6-8-10-12-14-16-18-20-22-24-26-28-30-32-34-36-38-39-40-41-42-43-44-45-47-48-50-52-54-56-58-60-62-64-66-68-70-72-74-76-83(86)90-80-82(81-92-94(88,89)91-79-78-85(3,4)5)93-84(87)77-75-73-71-69-67-65-63-61-59-57-55-53-51-49-46-37-35-33-31-29-27-25-23-21-19-17-15-13-11-9-7-2/h9,11,15,17,21,23,27,29,33,35,82H,6-8,10,12-14,16,18-20,22,24-26,28,30-32,34,36-81H2,1-5H3/p+1/b11-9-,17-15-,23-21-,29-27-,35-33-. The van der Waals surface area contributed by atoms with Crippen molar-refractivity contribution in [2.24, 2.45) is 0 Å². The number of esters is 2. The third kappa shape index (κ3) is 78.7. The molecule has 0 amide bonds. The summed E-state index contributed by atoms with van der Waals surface area (Å²) in [7, 11) is 1.49. The Morgan fingerprint density at radius 2 is 0.606 bits per heavy atom. The van der Waals surface area contributed by atoms with E-state index in [0.717, 1.165) is 64.2 Å². The molecule has 0 aliphatic rings. The molecule has 1 N–H and O–H groups in total. The largest absolute Gasteiger partial charge is 0.472 e. The van der Waals surface area contributed by atoms with Gasteiger partial charge in [0.15, 0.2) is 6.10 Å². The zero-order valence-corrected chi connectivity index (χ0v) is 64.1. The third-order valence-corrected chi connectivity index (χ3v) is 19.5. The molecule has 0 aromatic heterocycles. The van der Waals surface area contributed by atoms with E-state index in [1.54, 1.807) is 0 Å². The number of ether oxygens (including phenoxy) is 2. The van der Waals surface area contributed by atoms with Crippen LogP contribution in [0, 0.1) is 0 Å². The van der Waals surface area contributed by atoms with Gasteiger partial charge in [-0.3, -0.25) is 18.6 Å². The Bertz CT molecular complexity index is 1770. The average Bonchev–Trinajstić information content (AvgIpc) is 1.66. The summed E-state index contributed by atoms with van der Waals surface area (Å²) in [5.41, 5.74) is 0. The van der Waals surface area contributed by atoms with Gasteiger partial charge in [0.2, 0.25) is 0 Å². The van der Waals surface area contributed by atoms with E-state index in [0.29, 0.717) is 23.9 Å². The van der Waals surface area contributed by atoms with E-state index < -0.39 is 26.5 Å². The fraction of sp³-hybridized carbons (Fsp3) is 0.857. The molecule has 10 heteroatoms. The summed E-state index contributed by atoms with van der Waals surface area (Å²) in [6, 6.07) is 0. The van der Waals surface area contributed by atoms with E-state index in [2.05, 4.69) is 74.6 Å². The number of quaternary nitrogens is 1. The van der Waals surface area contributed by atoms with Crippen molar-refractivity contribution in [1.82, 2.24) is 0 Å². The van der Waals surface area contributed by atoms with Gasteiger partial charge in [0.1, 0.15) is 19.8 Å². The Kier molecular flexibility index (Phi) is 73.1. The van der Waals surface area contributed by atoms with Crippen molar-refractivity contribution < 1.29 is 42.1 Å². The van der Waals surface area contributed by atoms with Crippen molar-refractivity contribution in [3.63, 3.8) is 0 Å². The second-order valence-electron chi connectivity index (χ2n) is 29.1. The van der Waals surface area contributed by atoms with Crippen molar-refractivity contribution in [2.75, 3.05) is 47.5 Å². The summed E-state index contributed by atoms with van der Waals surface area (Å²) in [5, 5.41) is 0. The quantitative estimate of drug-likeness (QED) is 0.0211. The topological polar surface area (TPSA) is 108 Å². The van der Waals surface area contributed by atoms with Gasteiger partial charge in [-0.05, 0) is 57.8 Å². The van der Waals surface area contributed by atoms with Crippen molar-refractivity contribution in [3.05, 3.63) is 60.8 Å². The second-order valence-corrected chi connectivity index (χ2v) is 30.6. The number of carbonyl (C=O) groups is 2. The maximum absolute atomic E-state index is 12.9. The van der Waals surface area contributed by atoms with E-state index in [4.69, 9.17) is 18.5 Å². The SMILES string of the molecule is CC/C=C\C/C=C\C/C=C\C/C=C\C/C=C\CCCCCCCCCCCCCCCCCC(=O)OC(COC(=O)CCCCCCCCCCCCCCCCCCCCCCCCCCCCCCCCCCCCCCCCC)COP(=O)(O)OCC[N+](C)(C)C. The van der Waals surface area contributed by atoms with Crippen molar-refractivity contribution >= 4 is 19.8 Å². The molecule has 0 saturated carbocycles. The summed E-state index contributed by atoms with van der Waals surface area (Å²) in [5.74, 6) is -0.777. The predicted molar refractivity (Wildman–Crippen MR) is 409 cm³/mol. The fourth-order valence-electron chi connectivity index (χ4n) is 12.3. The molecule has 0 fully saturated rings. The normalized spacial score (nSPS) is 13.3. The molecule has 0 rings (SSSR count). The van der Waals surface area contributed by atoms with Crippen LogP contribution in [-0.2, 0) is 32.7 Å². The van der Waals surface area contributed by atoms with Crippen LogP contribution >= 0.6 is 7.82 Å². The number of phosphoric ester groups is 1. The van der Waals surface area contributed by atoms with E-state index in [1.807, 2.05) is 21.1 Å². The molecule has 0 saturated heterocycles. The van der Waals surface area contributed by atoms with Crippen LogP contribution in [0.5, 0.6) is 0 Å². The first kappa shape index (κ1) is 91.7. The van der Waals surface area contributed by atoms with Gasteiger partial charge in [0, 0.05) is 12.8 Å². The number of unbranched alkanes of at least 4 members (excludes halogenated alkanes) is 53. The van der Waals surface area contributed by atoms with Crippen molar-refractivity contribution in [2.45, 2.75) is 418 Å². The minimum absolute atomic E-state index is 0.0329. The molecule has 0 aliphatic heterocycles. The first-order chi connectivity index (χ1) is 46.0. The lowest BCUT2D eigenvalue weighted by molar-refractivity contribution is -0.870. The number of phosphoric acid groups is 1. The van der Waals surface area contributed by atoms with E-state index in [-0.39, 0.29) is 25.6 Å². The molecule has 0 aromatic carbocycles. The Morgan fingerprint density at radius 1 is 0.340 bits per heavy atom. The average molecular weight is 1340 g/mol. The Balaban J connectivity index is 3.89. The van der Waals surface area contributed by atoms with Crippen LogP contribution in [0.2, 0.25) is 0 Å². The van der Waals surface area contributed by atoms with Gasteiger partial charge >= 0.3 is 19.8 Å². The van der Waals surface area contributed by atoms with Crippen LogP contribution in [0.1, 0.15) is 412 Å². The fourth-order valence-corrected chi connectivity index (χ4v) is 13.1. The summed E-state index contributed by atoms with van der Waals surface area (Å²) in [6.45, 7) is 4.39. The molecule has 0 heterocycles. The molecule has 0 radical (unpaired) electrons. The summed E-state index contributed by atoms with van der Waals surface area (Å²) in [6.07, 6.45) is 101. The molecule has 0 spiro atoms. The molecular weight excluding hydrogens is 1180 g/mol. The van der Waals surface area contributed by atoms with Crippen molar-refractivity contribution in [1.29, 1.82) is 0 Å². The molecule has 9 nitrogen and oxygen atoms in total. The van der Waals surface area contributed by atoms with Gasteiger partial charge < -0.3 is 18.9 Å². The number of rotatable bonds is 77. The van der Waals surface area contributed by atoms with Crippen LogP contribution in [-0.4, -0.2) is 74.9 Å². The zero-order chi connectivity index (χ0) is 68.3. The van der Waals surface area contributed by atoms with Gasteiger partial charge in [-0.1, -0.05) is 402 Å². The molecule has 2 unspecified atom stereocenters. The van der Waals surface area contributed by atoms with Crippen LogP contribution < -0.4 is 0 Å². The van der Waals surface area contributed by atoms with Crippen LogP contribution in [0.25, 0.3) is 0 Å². The molecule has 2 atom stereocenters. The number of hydrogen-bond acceptors (Lipinski definition) is 7. The number of nitrogens with zero attached hydrogens (tertiary/aromatic N) is 1. The minimum atomic E-state index is -4.40. The molecule has 552 valence electrons. The van der Waals surface area contributed by atoms with Gasteiger partial charge in [-0.25, -0.2) is 4.57 Å². The van der Waals surface area contributed by atoms with Gasteiger partial charge in [0.05, 0.1) is 27.7 Å². The molecular formula is C84H159NO8P+. The van der Waals surface area contributed by atoms with Crippen molar-refractivity contribution in [3.8, 4) is 0 Å². The Labute approximate surface area is 585 Å². The smallest absolute Gasteiger partial charge is 0.462 e. The van der Waals surface area contributed by atoms with E-state index >= 15 is 0 Å². The van der Waals surface area contributed by atoms with Crippen LogP contribution in [0.15, 0.2) is 60.8 Å². The van der Waals surface area contributed by atoms with E-state index in [1.165, 1.54) is 315 Å². The van der Waals surface area contributed by atoms with E-state index in [9.17, 15) is 19.0 Å². The van der Waals surface area contributed by atoms with Gasteiger partial charge in [0.25, 0.3) is 0 Å². The van der Waals surface area contributed by atoms with Gasteiger partial charge in [-0.15, -0.1) is 0 Å². The summed E-state index contributed by atoms with van der Waals surface area (Å²) < 4.78 is 34.8. The first-order valence-corrected chi connectivity index (χ1v) is 42.5.